The number of aromatic amines is 1. The maximum Gasteiger partial charge on any atom is 0.322 e. The molecule has 1 aromatic heterocycles. The van der Waals surface area contributed by atoms with Crippen molar-refractivity contribution in [1.82, 2.24) is 9.71 Å². The van der Waals surface area contributed by atoms with Gasteiger partial charge in [-0.15, -0.1) is 0 Å². The van der Waals surface area contributed by atoms with Gasteiger partial charge in [0.25, 0.3) is 0 Å². The summed E-state index contributed by atoms with van der Waals surface area (Å²) in [4.78, 5) is 14.4. The van der Waals surface area contributed by atoms with E-state index in [1.807, 2.05) is 24.3 Å². The molecular formula is C17H15FN2O4S. The molecule has 0 saturated heterocycles. The zero-order chi connectivity index (χ0) is 18.0. The van der Waals surface area contributed by atoms with Crippen LogP contribution in [0.2, 0.25) is 0 Å². The van der Waals surface area contributed by atoms with E-state index in [9.17, 15) is 22.7 Å². The Hall–Kier alpha value is -2.71. The van der Waals surface area contributed by atoms with Crippen molar-refractivity contribution < 1.29 is 22.7 Å². The number of sulfonamides is 1. The van der Waals surface area contributed by atoms with Crippen molar-refractivity contribution in [2.75, 3.05) is 0 Å². The van der Waals surface area contributed by atoms with Crippen LogP contribution in [0.1, 0.15) is 5.56 Å². The predicted molar refractivity (Wildman–Crippen MR) is 90.1 cm³/mol. The van der Waals surface area contributed by atoms with Crippen LogP contribution in [-0.2, 0) is 21.2 Å². The maximum absolute atomic E-state index is 13.0. The van der Waals surface area contributed by atoms with Gasteiger partial charge in [0.15, 0.2) is 0 Å². The number of carbonyl (C=O) groups is 1. The average molecular weight is 362 g/mol. The Kier molecular flexibility index (Phi) is 4.56. The standard InChI is InChI=1S/C17H15FN2O4S/c18-12-5-7-13(8-6-12)25(23,24)20-16(17(21)22)9-11-10-19-15-4-2-1-3-14(11)15/h1-8,10,16,19-20H,9H2,(H,21,22)/t16-/m1/s1. The summed E-state index contributed by atoms with van der Waals surface area (Å²) in [5, 5.41) is 10.2. The highest BCUT2D eigenvalue weighted by Crippen LogP contribution is 2.20. The molecule has 0 saturated carbocycles. The number of rotatable bonds is 6. The first kappa shape index (κ1) is 17.1. The summed E-state index contributed by atoms with van der Waals surface area (Å²) in [6, 6.07) is 10.2. The molecule has 0 spiro atoms. The smallest absolute Gasteiger partial charge is 0.322 e. The second kappa shape index (κ2) is 6.66. The molecule has 0 aliphatic carbocycles. The van der Waals surface area contributed by atoms with E-state index in [1.54, 1.807) is 6.20 Å². The van der Waals surface area contributed by atoms with Crippen LogP contribution in [0.15, 0.2) is 59.6 Å². The van der Waals surface area contributed by atoms with E-state index in [0.29, 0.717) is 5.56 Å². The van der Waals surface area contributed by atoms with Crippen LogP contribution in [0.4, 0.5) is 4.39 Å². The lowest BCUT2D eigenvalue weighted by Crippen LogP contribution is -2.42. The Labute approximate surface area is 143 Å². The summed E-state index contributed by atoms with van der Waals surface area (Å²) in [6.07, 6.45) is 1.63. The van der Waals surface area contributed by atoms with E-state index in [0.717, 1.165) is 35.2 Å². The van der Waals surface area contributed by atoms with Crippen LogP contribution in [0, 0.1) is 5.82 Å². The average Bonchev–Trinajstić information content (AvgIpc) is 2.97. The quantitative estimate of drug-likeness (QED) is 0.626. The van der Waals surface area contributed by atoms with Crippen molar-refractivity contribution in [3.8, 4) is 0 Å². The fourth-order valence-corrected chi connectivity index (χ4v) is 3.76. The van der Waals surface area contributed by atoms with E-state index in [4.69, 9.17) is 0 Å². The normalized spacial score (nSPS) is 13.0. The number of hydrogen-bond acceptors (Lipinski definition) is 3. The molecule has 1 atom stereocenters. The molecule has 1 heterocycles. The van der Waals surface area contributed by atoms with Gasteiger partial charge in [0, 0.05) is 23.5 Å². The number of carboxylic acid groups (broad SMARTS) is 1. The van der Waals surface area contributed by atoms with Gasteiger partial charge in [0.05, 0.1) is 4.90 Å². The molecule has 6 nitrogen and oxygen atoms in total. The van der Waals surface area contributed by atoms with Gasteiger partial charge >= 0.3 is 5.97 Å². The van der Waals surface area contributed by atoms with Gasteiger partial charge in [0.1, 0.15) is 11.9 Å². The summed E-state index contributed by atoms with van der Waals surface area (Å²) in [7, 11) is -4.09. The molecule has 0 aliphatic rings. The summed E-state index contributed by atoms with van der Waals surface area (Å²) >= 11 is 0. The van der Waals surface area contributed by atoms with Gasteiger partial charge < -0.3 is 10.1 Å². The van der Waals surface area contributed by atoms with E-state index < -0.39 is 27.9 Å². The Morgan fingerprint density at radius 2 is 1.84 bits per heavy atom. The number of hydrogen-bond donors (Lipinski definition) is 3. The number of H-pyrrole nitrogens is 1. The largest absolute Gasteiger partial charge is 0.480 e. The fourth-order valence-electron chi connectivity index (χ4n) is 2.57. The number of aromatic nitrogens is 1. The summed E-state index contributed by atoms with van der Waals surface area (Å²) < 4.78 is 39.8. The molecule has 0 amide bonds. The first-order valence-corrected chi connectivity index (χ1v) is 8.91. The molecule has 0 aliphatic heterocycles. The lowest BCUT2D eigenvalue weighted by Gasteiger charge is -2.14. The van der Waals surface area contributed by atoms with E-state index in [-0.39, 0.29) is 11.3 Å². The molecule has 3 N–H and O–H groups in total. The first-order valence-electron chi connectivity index (χ1n) is 7.42. The van der Waals surface area contributed by atoms with Gasteiger partial charge in [-0.2, -0.15) is 4.72 Å². The molecule has 130 valence electrons. The van der Waals surface area contributed by atoms with Gasteiger partial charge in [-0.05, 0) is 35.9 Å². The molecule has 0 unspecified atom stereocenters. The number of para-hydroxylation sites is 1. The highest BCUT2D eigenvalue weighted by Gasteiger charge is 2.26. The Morgan fingerprint density at radius 3 is 2.52 bits per heavy atom. The first-order chi connectivity index (χ1) is 11.9. The van der Waals surface area contributed by atoms with Crippen molar-refractivity contribution in [3.63, 3.8) is 0 Å². The molecule has 3 aromatic rings. The fraction of sp³-hybridized carbons (Fsp3) is 0.118. The van der Waals surface area contributed by atoms with E-state index in [1.165, 1.54) is 0 Å². The Balaban J connectivity index is 1.86. The highest BCUT2D eigenvalue weighted by molar-refractivity contribution is 7.89. The molecule has 0 radical (unpaired) electrons. The molecule has 0 bridgehead atoms. The van der Waals surface area contributed by atoms with Crippen LogP contribution in [0.25, 0.3) is 10.9 Å². The lowest BCUT2D eigenvalue weighted by molar-refractivity contribution is -0.138. The SMILES string of the molecule is O=C(O)[C@@H](Cc1c[nH]c2ccccc12)NS(=O)(=O)c1ccc(F)cc1. The zero-order valence-electron chi connectivity index (χ0n) is 12.9. The van der Waals surface area contributed by atoms with Crippen LogP contribution >= 0.6 is 0 Å². The molecule has 0 fully saturated rings. The van der Waals surface area contributed by atoms with Crippen molar-refractivity contribution in [2.24, 2.45) is 0 Å². The van der Waals surface area contributed by atoms with Crippen molar-refractivity contribution >= 4 is 26.9 Å². The molecular weight excluding hydrogens is 347 g/mol. The number of fused-ring (bicyclic) bond motifs is 1. The minimum Gasteiger partial charge on any atom is -0.480 e. The molecule has 2 aromatic carbocycles. The van der Waals surface area contributed by atoms with E-state index in [2.05, 4.69) is 9.71 Å². The van der Waals surface area contributed by atoms with Crippen LogP contribution in [-0.4, -0.2) is 30.5 Å². The topological polar surface area (TPSA) is 99.3 Å². The number of halogens is 1. The number of benzene rings is 2. The number of carboxylic acids is 1. The third kappa shape index (κ3) is 3.70. The van der Waals surface area contributed by atoms with Crippen LogP contribution in [0.5, 0.6) is 0 Å². The Bertz CT molecular complexity index is 1010. The summed E-state index contributed by atoms with van der Waals surface area (Å²) in [5.41, 5.74) is 1.52. The zero-order valence-corrected chi connectivity index (χ0v) is 13.8. The van der Waals surface area contributed by atoms with Crippen LogP contribution in [0.3, 0.4) is 0 Å². The van der Waals surface area contributed by atoms with Gasteiger partial charge in [0.2, 0.25) is 10.0 Å². The highest BCUT2D eigenvalue weighted by atomic mass is 32.2. The van der Waals surface area contributed by atoms with E-state index >= 15 is 0 Å². The third-order valence-corrected chi connectivity index (χ3v) is 5.31. The number of aliphatic carboxylic acids is 1. The van der Waals surface area contributed by atoms with Gasteiger partial charge in [-0.1, -0.05) is 18.2 Å². The molecule has 8 heteroatoms. The summed E-state index contributed by atoms with van der Waals surface area (Å²) in [6.45, 7) is 0. The predicted octanol–water partition coefficient (Wildman–Crippen LogP) is 2.28. The van der Waals surface area contributed by atoms with Crippen molar-refractivity contribution in [2.45, 2.75) is 17.4 Å². The van der Waals surface area contributed by atoms with Crippen molar-refractivity contribution in [3.05, 3.63) is 66.1 Å². The Morgan fingerprint density at radius 1 is 1.16 bits per heavy atom. The lowest BCUT2D eigenvalue weighted by atomic mass is 10.1. The minimum atomic E-state index is -4.09. The van der Waals surface area contributed by atoms with Crippen LogP contribution < -0.4 is 4.72 Å². The minimum absolute atomic E-state index is 0.0280. The second-order valence-corrected chi connectivity index (χ2v) is 7.24. The molecule has 25 heavy (non-hydrogen) atoms. The second-order valence-electron chi connectivity index (χ2n) is 5.53. The third-order valence-electron chi connectivity index (χ3n) is 3.82. The van der Waals surface area contributed by atoms with Gasteiger partial charge in [-0.25, -0.2) is 12.8 Å². The monoisotopic (exact) mass is 362 g/mol. The maximum atomic E-state index is 13.0. The van der Waals surface area contributed by atoms with Gasteiger partial charge in [-0.3, -0.25) is 4.79 Å². The number of nitrogens with one attached hydrogen (secondary N) is 2. The molecule has 3 rings (SSSR count). The summed E-state index contributed by atoms with van der Waals surface area (Å²) in [5.74, 6) is -1.87. The van der Waals surface area contributed by atoms with Crippen molar-refractivity contribution in [1.29, 1.82) is 0 Å².